The molecule has 1 amide bonds. The Morgan fingerprint density at radius 1 is 1.30 bits per heavy atom. The lowest BCUT2D eigenvalue weighted by Crippen LogP contribution is -2.17. The summed E-state index contributed by atoms with van der Waals surface area (Å²) in [5.41, 5.74) is 3.81. The molecule has 0 aliphatic rings. The van der Waals surface area contributed by atoms with Crippen molar-refractivity contribution < 1.29 is 14.3 Å². The first-order valence-electron chi connectivity index (χ1n) is 7.04. The van der Waals surface area contributed by atoms with Gasteiger partial charge in [0.25, 0.3) is 5.91 Å². The Labute approximate surface area is 143 Å². The van der Waals surface area contributed by atoms with E-state index in [1.165, 1.54) is 0 Å². The Kier molecular flexibility index (Phi) is 6.17. The van der Waals surface area contributed by atoms with Crippen molar-refractivity contribution in [3.05, 3.63) is 58.1 Å². The molecule has 0 unspecified atom stereocenters. The monoisotopic (exact) mass is 376 g/mol. The maximum absolute atomic E-state index is 11.9. The molecule has 1 N–H and O–H groups in total. The normalized spacial score (nSPS) is 10.6. The number of nitrogens with zero attached hydrogens (tertiary/aromatic N) is 1. The smallest absolute Gasteiger partial charge is 0.271 e. The lowest BCUT2D eigenvalue weighted by atomic mass is 10.2. The predicted molar refractivity (Wildman–Crippen MR) is 93.4 cm³/mol. The third-order valence-electron chi connectivity index (χ3n) is 2.95. The van der Waals surface area contributed by atoms with Crippen molar-refractivity contribution in [2.45, 2.75) is 6.92 Å². The van der Waals surface area contributed by atoms with Gasteiger partial charge >= 0.3 is 0 Å². The molecular weight excluding hydrogens is 360 g/mol. The highest BCUT2D eigenvalue weighted by Gasteiger charge is 2.10. The number of hydrogen-bond donors (Lipinski definition) is 1. The van der Waals surface area contributed by atoms with E-state index < -0.39 is 0 Å². The largest absolute Gasteiger partial charge is 0.492 e. The summed E-state index contributed by atoms with van der Waals surface area (Å²) in [5, 5.41) is 3.97. The number of halogens is 1. The third kappa shape index (κ3) is 4.56. The number of rotatable bonds is 6. The number of carbonyl (C=O) groups excluding carboxylic acids is 1. The summed E-state index contributed by atoms with van der Waals surface area (Å²) in [6.07, 6.45) is 1.55. The molecule has 120 valence electrons. The number of carbonyl (C=O) groups is 1. The molecule has 2 aromatic rings. The molecule has 0 radical (unpaired) electrons. The summed E-state index contributed by atoms with van der Waals surface area (Å²) in [5.74, 6) is 0.969. The van der Waals surface area contributed by atoms with Crippen LogP contribution in [0.3, 0.4) is 0 Å². The highest BCUT2D eigenvalue weighted by molar-refractivity contribution is 9.10. The fourth-order valence-corrected chi connectivity index (χ4v) is 2.56. The van der Waals surface area contributed by atoms with Gasteiger partial charge in [0.15, 0.2) is 11.5 Å². The highest BCUT2D eigenvalue weighted by Crippen LogP contribution is 2.36. The van der Waals surface area contributed by atoms with Gasteiger partial charge in [-0.05, 0) is 52.7 Å². The van der Waals surface area contributed by atoms with Gasteiger partial charge in [0.1, 0.15) is 0 Å². The van der Waals surface area contributed by atoms with Crippen LogP contribution < -0.4 is 14.9 Å². The van der Waals surface area contributed by atoms with Gasteiger partial charge in [-0.3, -0.25) is 4.79 Å². The minimum Gasteiger partial charge on any atom is -0.492 e. The molecule has 0 aromatic heterocycles. The number of benzene rings is 2. The molecule has 0 bridgehead atoms. The molecule has 23 heavy (non-hydrogen) atoms. The first kappa shape index (κ1) is 17.0. The molecule has 0 aliphatic carbocycles. The van der Waals surface area contributed by atoms with E-state index in [0.717, 1.165) is 10.0 Å². The minimum atomic E-state index is -0.264. The van der Waals surface area contributed by atoms with Crippen LogP contribution in [0, 0.1) is 0 Å². The van der Waals surface area contributed by atoms with Crippen LogP contribution >= 0.6 is 15.9 Å². The number of ether oxygens (including phenoxy) is 2. The van der Waals surface area contributed by atoms with Crippen molar-refractivity contribution in [1.82, 2.24) is 5.43 Å². The van der Waals surface area contributed by atoms with Crippen LogP contribution in [-0.4, -0.2) is 25.8 Å². The van der Waals surface area contributed by atoms with E-state index in [2.05, 4.69) is 26.5 Å². The van der Waals surface area contributed by atoms with Gasteiger partial charge in [-0.15, -0.1) is 0 Å². The predicted octanol–water partition coefficient (Wildman–Crippen LogP) is 3.62. The van der Waals surface area contributed by atoms with Crippen LogP contribution in [0.15, 0.2) is 52.0 Å². The van der Waals surface area contributed by atoms with Gasteiger partial charge in [0.2, 0.25) is 0 Å². The van der Waals surface area contributed by atoms with Gasteiger partial charge in [0.05, 0.1) is 24.4 Å². The van der Waals surface area contributed by atoms with Crippen LogP contribution in [0.1, 0.15) is 22.8 Å². The van der Waals surface area contributed by atoms with Crippen LogP contribution in [0.25, 0.3) is 0 Å². The number of methoxy groups -OCH3 is 1. The minimum absolute atomic E-state index is 0.264. The molecule has 0 aliphatic heterocycles. The van der Waals surface area contributed by atoms with E-state index in [1.807, 2.05) is 19.1 Å². The molecule has 0 saturated heterocycles. The lowest BCUT2D eigenvalue weighted by Gasteiger charge is -2.11. The SMILES string of the molecule is CCOc1cc(/C=N/NC(=O)c2ccccc2)cc(Br)c1OC. The zero-order valence-electron chi connectivity index (χ0n) is 12.9. The van der Waals surface area contributed by atoms with E-state index in [-0.39, 0.29) is 5.91 Å². The molecule has 5 nitrogen and oxygen atoms in total. The van der Waals surface area contributed by atoms with Crippen molar-refractivity contribution in [1.29, 1.82) is 0 Å². The molecule has 0 saturated carbocycles. The second-order valence-electron chi connectivity index (χ2n) is 4.53. The van der Waals surface area contributed by atoms with Gasteiger partial charge in [0, 0.05) is 5.56 Å². The Morgan fingerprint density at radius 2 is 2.04 bits per heavy atom. The molecule has 2 aromatic carbocycles. The topological polar surface area (TPSA) is 59.9 Å². The van der Waals surface area contributed by atoms with Gasteiger partial charge in [-0.2, -0.15) is 5.10 Å². The second kappa shape index (κ2) is 8.33. The first-order chi connectivity index (χ1) is 11.2. The van der Waals surface area contributed by atoms with Crippen molar-refractivity contribution in [2.75, 3.05) is 13.7 Å². The zero-order valence-corrected chi connectivity index (χ0v) is 14.5. The highest BCUT2D eigenvalue weighted by atomic mass is 79.9. The molecule has 2 rings (SSSR count). The average Bonchev–Trinajstić information content (AvgIpc) is 2.56. The number of hydrogen-bond acceptors (Lipinski definition) is 4. The summed E-state index contributed by atoms with van der Waals surface area (Å²) in [6, 6.07) is 12.5. The summed E-state index contributed by atoms with van der Waals surface area (Å²) in [6.45, 7) is 2.42. The van der Waals surface area contributed by atoms with E-state index in [1.54, 1.807) is 43.7 Å². The van der Waals surface area contributed by atoms with Crippen LogP contribution in [0.4, 0.5) is 0 Å². The Bertz CT molecular complexity index is 702. The maximum atomic E-state index is 11.9. The zero-order chi connectivity index (χ0) is 16.7. The summed E-state index contributed by atoms with van der Waals surface area (Å²) < 4.78 is 11.6. The molecular formula is C17H17BrN2O3. The molecule has 0 fully saturated rings. The number of hydrazone groups is 1. The van der Waals surface area contributed by atoms with Crippen molar-refractivity contribution in [2.24, 2.45) is 5.10 Å². The maximum Gasteiger partial charge on any atom is 0.271 e. The van der Waals surface area contributed by atoms with E-state index >= 15 is 0 Å². The Morgan fingerprint density at radius 3 is 2.70 bits per heavy atom. The summed E-state index contributed by atoms with van der Waals surface area (Å²) in [7, 11) is 1.58. The van der Waals surface area contributed by atoms with Crippen LogP contribution in [0.2, 0.25) is 0 Å². The molecule has 0 spiro atoms. The van der Waals surface area contributed by atoms with Crippen molar-refractivity contribution >= 4 is 28.1 Å². The number of amides is 1. The number of nitrogens with one attached hydrogen (secondary N) is 1. The Balaban J connectivity index is 2.12. The van der Waals surface area contributed by atoms with Crippen LogP contribution in [-0.2, 0) is 0 Å². The van der Waals surface area contributed by atoms with Crippen molar-refractivity contribution in [3.63, 3.8) is 0 Å². The third-order valence-corrected chi connectivity index (χ3v) is 3.54. The van der Waals surface area contributed by atoms with Crippen LogP contribution in [0.5, 0.6) is 11.5 Å². The average molecular weight is 377 g/mol. The fraction of sp³-hybridized carbons (Fsp3) is 0.176. The molecule has 0 heterocycles. The standard InChI is InChI=1S/C17H17BrN2O3/c1-3-23-15-10-12(9-14(18)16(15)22-2)11-19-20-17(21)13-7-5-4-6-8-13/h4-11H,3H2,1-2H3,(H,20,21)/b19-11+. The van der Waals surface area contributed by atoms with E-state index in [0.29, 0.717) is 23.7 Å². The van der Waals surface area contributed by atoms with E-state index in [4.69, 9.17) is 9.47 Å². The molecule has 0 atom stereocenters. The van der Waals surface area contributed by atoms with Gasteiger partial charge in [-0.1, -0.05) is 18.2 Å². The van der Waals surface area contributed by atoms with E-state index in [9.17, 15) is 4.79 Å². The molecule has 6 heteroatoms. The van der Waals surface area contributed by atoms with Gasteiger partial charge < -0.3 is 9.47 Å². The summed E-state index contributed by atoms with van der Waals surface area (Å²) >= 11 is 3.43. The second-order valence-corrected chi connectivity index (χ2v) is 5.39. The fourth-order valence-electron chi connectivity index (χ4n) is 1.94. The quantitative estimate of drug-likeness (QED) is 0.618. The van der Waals surface area contributed by atoms with Gasteiger partial charge in [-0.25, -0.2) is 5.43 Å². The Hall–Kier alpha value is -2.34. The van der Waals surface area contributed by atoms with Crippen molar-refractivity contribution in [3.8, 4) is 11.5 Å². The first-order valence-corrected chi connectivity index (χ1v) is 7.83. The lowest BCUT2D eigenvalue weighted by molar-refractivity contribution is 0.0955. The summed E-state index contributed by atoms with van der Waals surface area (Å²) in [4.78, 5) is 11.9.